The molecule has 0 aliphatic rings. The van der Waals surface area contributed by atoms with Crippen molar-refractivity contribution in [1.82, 2.24) is 14.9 Å². The van der Waals surface area contributed by atoms with Gasteiger partial charge < -0.3 is 10.1 Å². The average Bonchev–Trinajstić information content (AvgIpc) is 3.15. The van der Waals surface area contributed by atoms with Gasteiger partial charge in [0.2, 0.25) is 21.1 Å². The normalized spacial score (nSPS) is 11.3. The predicted octanol–water partition coefficient (Wildman–Crippen LogP) is 3.21. The highest BCUT2D eigenvalue weighted by atomic mass is 79.9. The number of benzene rings is 2. The fraction of sp³-hybridized carbons (Fsp3) is 0.211. The van der Waals surface area contributed by atoms with Crippen molar-refractivity contribution < 1.29 is 17.9 Å². The second-order valence-corrected chi connectivity index (χ2v) is 9.88. The predicted molar refractivity (Wildman–Crippen MR) is 118 cm³/mol. The van der Waals surface area contributed by atoms with Crippen molar-refractivity contribution in [1.29, 1.82) is 0 Å². The van der Waals surface area contributed by atoms with Gasteiger partial charge in [0, 0.05) is 29.4 Å². The fourth-order valence-electron chi connectivity index (χ4n) is 2.57. The summed E-state index contributed by atoms with van der Waals surface area (Å²) >= 11 is 4.52. The molecule has 1 heterocycles. The van der Waals surface area contributed by atoms with Crippen molar-refractivity contribution >= 4 is 48.3 Å². The van der Waals surface area contributed by atoms with Gasteiger partial charge in [0.1, 0.15) is 10.8 Å². The van der Waals surface area contributed by atoms with Gasteiger partial charge in [0.15, 0.2) is 0 Å². The molecular formula is C19H19BrN4O4S2. The van der Waals surface area contributed by atoms with Crippen LogP contribution in [0.25, 0.3) is 0 Å². The summed E-state index contributed by atoms with van der Waals surface area (Å²) in [6.07, 6.45) is 0.502. The van der Waals surface area contributed by atoms with Gasteiger partial charge in [-0.05, 0) is 30.3 Å². The molecule has 0 aliphatic carbocycles. The Morgan fingerprint density at radius 2 is 1.87 bits per heavy atom. The SMILES string of the molecule is COc1ccccc1Cc1nnc(NC(=O)CCNS(=O)(=O)c2ccc(Br)cc2)s1. The summed E-state index contributed by atoms with van der Waals surface area (Å²) in [5.41, 5.74) is 0.969. The first-order valence-corrected chi connectivity index (χ1v) is 12.0. The number of carbonyl (C=O) groups is 1. The van der Waals surface area contributed by atoms with Crippen LogP contribution in [0.2, 0.25) is 0 Å². The standard InChI is InChI=1S/C19H19BrN4O4S2/c1-28-16-5-3-2-4-13(16)12-18-23-24-19(29-18)22-17(25)10-11-21-30(26,27)15-8-6-14(20)7-9-15/h2-9,21H,10-12H2,1H3,(H,22,24,25). The van der Waals surface area contributed by atoms with Crippen molar-refractivity contribution in [2.75, 3.05) is 19.0 Å². The Kier molecular flexibility index (Phi) is 7.53. The molecule has 0 unspecified atom stereocenters. The number of halogens is 1. The van der Waals surface area contributed by atoms with Gasteiger partial charge in [-0.3, -0.25) is 4.79 Å². The van der Waals surface area contributed by atoms with Crippen LogP contribution in [0.1, 0.15) is 17.0 Å². The third-order valence-electron chi connectivity index (χ3n) is 4.02. The molecule has 158 valence electrons. The molecule has 8 nitrogen and oxygen atoms in total. The highest BCUT2D eigenvalue weighted by Crippen LogP contribution is 2.24. The molecule has 0 radical (unpaired) electrons. The minimum absolute atomic E-state index is 0.0306. The number of ether oxygens (including phenoxy) is 1. The van der Waals surface area contributed by atoms with E-state index in [4.69, 9.17) is 4.74 Å². The van der Waals surface area contributed by atoms with Crippen molar-refractivity contribution in [2.45, 2.75) is 17.7 Å². The van der Waals surface area contributed by atoms with Gasteiger partial charge in [-0.15, -0.1) is 10.2 Å². The maximum atomic E-state index is 12.2. The number of sulfonamides is 1. The monoisotopic (exact) mass is 510 g/mol. The number of hydrogen-bond acceptors (Lipinski definition) is 7. The number of carbonyl (C=O) groups excluding carboxylic acids is 1. The topological polar surface area (TPSA) is 110 Å². The molecule has 0 fully saturated rings. The minimum atomic E-state index is -3.67. The molecule has 1 aromatic heterocycles. The van der Waals surface area contributed by atoms with Crippen molar-refractivity contribution in [3.05, 3.63) is 63.6 Å². The van der Waals surface area contributed by atoms with Crippen LogP contribution in [0.4, 0.5) is 5.13 Å². The van der Waals surface area contributed by atoms with Crippen LogP contribution in [0, 0.1) is 0 Å². The van der Waals surface area contributed by atoms with Gasteiger partial charge >= 0.3 is 0 Å². The molecule has 0 spiro atoms. The van der Waals surface area contributed by atoms with Crippen molar-refractivity contribution in [3.63, 3.8) is 0 Å². The number of anilines is 1. The van der Waals surface area contributed by atoms with E-state index in [0.717, 1.165) is 20.8 Å². The molecule has 0 atom stereocenters. The summed E-state index contributed by atoms with van der Waals surface area (Å²) < 4.78 is 33.0. The van der Waals surface area contributed by atoms with E-state index >= 15 is 0 Å². The van der Waals surface area contributed by atoms with E-state index < -0.39 is 10.0 Å². The Morgan fingerprint density at radius 3 is 2.60 bits per heavy atom. The first kappa shape index (κ1) is 22.3. The maximum absolute atomic E-state index is 12.2. The lowest BCUT2D eigenvalue weighted by Gasteiger charge is -2.06. The van der Waals surface area contributed by atoms with E-state index in [1.807, 2.05) is 24.3 Å². The molecule has 3 aromatic rings. The van der Waals surface area contributed by atoms with Gasteiger partial charge in [-0.25, -0.2) is 13.1 Å². The van der Waals surface area contributed by atoms with Gasteiger partial charge in [0.05, 0.1) is 12.0 Å². The number of aromatic nitrogens is 2. The first-order chi connectivity index (χ1) is 14.4. The smallest absolute Gasteiger partial charge is 0.240 e. The molecule has 0 saturated carbocycles. The fourth-order valence-corrected chi connectivity index (χ4v) is 4.64. The number of amides is 1. The summed E-state index contributed by atoms with van der Waals surface area (Å²) in [5, 5.41) is 11.8. The Morgan fingerprint density at radius 1 is 1.13 bits per heavy atom. The number of rotatable bonds is 9. The third kappa shape index (κ3) is 6.08. The summed E-state index contributed by atoms with van der Waals surface area (Å²) in [6, 6.07) is 13.9. The molecule has 11 heteroatoms. The van der Waals surface area contributed by atoms with Crippen LogP contribution in [-0.2, 0) is 21.2 Å². The summed E-state index contributed by atoms with van der Waals surface area (Å²) in [5.74, 6) is 0.407. The second-order valence-electron chi connectivity index (χ2n) is 6.14. The maximum Gasteiger partial charge on any atom is 0.240 e. The Balaban J connectivity index is 1.50. The number of methoxy groups -OCH3 is 1. The van der Waals surface area contributed by atoms with E-state index in [0.29, 0.717) is 11.6 Å². The highest BCUT2D eigenvalue weighted by molar-refractivity contribution is 9.10. The van der Waals surface area contributed by atoms with Crippen LogP contribution in [0.15, 0.2) is 57.9 Å². The van der Waals surface area contributed by atoms with Gasteiger partial charge in [0.25, 0.3) is 0 Å². The highest BCUT2D eigenvalue weighted by Gasteiger charge is 2.15. The molecule has 0 aliphatic heterocycles. The molecule has 2 N–H and O–H groups in total. The number of nitrogens with zero attached hydrogens (tertiary/aromatic N) is 2. The third-order valence-corrected chi connectivity index (χ3v) is 6.86. The van der Waals surface area contributed by atoms with Crippen LogP contribution < -0.4 is 14.8 Å². The van der Waals surface area contributed by atoms with Crippen LogP contribution in [0.5, 0.6) is 5.75 Å². The zero-order valence-electron chi connectivity index (χ0n) is 16.0. The van der Waals surface area contributed by atoms with Crippen LogP contribution in [-0.4, -0.2) is 38.2 Å². The van der Waals surface area contributed by atoms with Gasteiger partial charge in [-0.2, -0.15) is 0 Å². The van der Waals surface area contributed by atoms with E-state index in [9.17, 15) is 13.2 Å². The zero-order chi connectivity index (χ0) is 21.6. The average molecular weight is 511 g/mol. The molecule has 0 bridgehead atoms. The minimum Gasteiger partial charge on any atom is -0.496 e. The second kappa shape index (κ2) is 10.1. The summed E-state index contributed by atoms with van der Waals surface area (Å²) in [6.45, 7) is -0.0306. The van der Waals surface area contributed by atoms with E-state index in [-0.39, 0.29) is 23.8 Å². The molecule has 1 amide bonds. The lowest BCUT2D eigenvalue weighted by atomic mass is 10.1. The molecule has 0 saturated heterocycles. The number of hydrogen-bond donors (Lipinski definition) is 2. The Hall–Kier alpha value is -2.34. The molecule has 30 heavy (non-hydrogen) atoms. The van der Waals surface area contributed by atoms with Crippen LogP contribution in [0.3, 0.4) is 0 Å². The zero-order valence-corrected chi connectivity index (χ0v) is 19.2. The van der Waals surface area contributed by atoms with Crippen LogP contribution >= 0.6 is 27.3 Å². The van der Waals surface area contributed by atoms with Gasteiger partial charge in [-0.1, -0.05) is 45.5 Å². The first-order valence-electron chi connectivity index (χ1n) is 8.87. The Labute approximate surface area is 186 Å². The quantitative estimate of drug-likeness (QED) is 0.457. The van der Waals surface area contributed by atoms with Crippen molar-refractivity contribution in [3.8, 4) is 5.75 Å². The largest absolute Gasteiger partial charge is 0.496 e. The van der Waals surface area contributed by atoms with E-state index in [1.165, 1.54) is 23.5 Å². The summed E-state index contributed by atoms with van der Waals surface area (Å²) in [4.78, 5) is 12.2. The number of nitrogens with one attached hydrogen (secondary N) is 2. The molecular weight excluding hydrogens is 492 g/mol. The van der Waals surface area contributed by atoms with E-state index in [1.54, 1.807) is 19.2 Å². The van der Waals surface area contributed by atoms with Crippen molar-refractivity contribution in [2.24, 2.45) is 0 Å². The van der Waals surface area contributed by atoms with E-state index in [2.05, 4.69) is 36.2 Å². The molecule has 3 rings (SSSR count). The number of para-hydroxylation sites is 1. The lowest BCUT2D eigenvalue weighted by Crippen LogP contribution is -2.27. The summed E-state index contributed by atoms with van der Waals surface area (Å²) in [7, 11) is -2.06. The Bertz CT molecular complexity index is 1120. The lowest BCUT2D eigenvalue weighted by molar-refractivity contribution is -0.116. The molecule has 2 aromatic carbocycles.